The number of carboxylic acids is 1. The first-order valence-electron chi connectivity index (χ1n) is 7.42. The molecule has 0 aliphatic rings. The molecule has 0 radical (unpaired) electrons. The Labute approximate surface area is 134 Å². The van der Waals surface area contributed by atoms with Crippen LogP contribution in [0.2, 0.25) is 0 Å². The van der Waals surface area contributed by atoms with Crippen molar-refractivity contribution < 1.29 is 19.4 Å². The van der Waals surface area contributed by atoms with Crippen LogP contribution in [0.4, 0.5) is 0 Å². The van der Waals surface area contributed by atoms with Gasteiger partial charge in [-0.3, -0.25) is 9.59 Å². The van der Waals surface area contributed by atoms with Gasteiger partial charge in [0.15, 0.2) is 0 Å². The lowest BCUT2D eigenvalue weighted by Crippen LogP contribution is -2.38. The number of hydrogen-bond donors (Lipinski definition) is 1. The van der Waals surface area contributed by atoms with Crippen molar-refractivity contribution in [2.75, 3.05) is 26.3 Å². The Balaban J connectivity index is 2.78. The maximum atomic E-state index is 12.6. The molecule has 22 heavy (non-hydrogen) atoms. The predicted molar refractivity (Wildman–Crippen MR) is 83.1 cm³/mol. The molecule has 8 heteroatoms. The summed E-state index contributed by atoms with van der Waals surface area (Å²) in [4.78, 5) is 25.7. The average molecular weight is 329 g/mol. The van der Waals surface area contributed by atoms with Gasteiger partial charge >= 0.3 is 5.97 Å². The smallest absolute Gasteiger partial charge is 0.308 e. The standard InChI is InChI=1S/C14H23N3O4S/c1-4-11-12(22-16-15-11)13(18)17(7-6-8-21-5-2)9-10(3)14(19)20/h10H,4-9H2,1-3H3,(H,19,20). The summed E-state index contributed by atoms with van der Waals surface area (Å²) in [5.41, 5.74) is 0.660. The molecule has 0 fully saturated rings. The van der Waals surface area contributed by atoms with Gasteiger partial charge in [0.2, 0.25) is 0 Å². The zero-order valence-electron chi connectivity index (χ0n) is 13.2. The van der Waals surface area contributed by atoms with Gasteiger partial charge in [-0.1, -0.05) is 18.3 Å². The van der Waals surface area contributed by atoms with Crippen LogP contribution in [0.3, 0.4) is 0 Å². The molecule has 7 nitrogen and oxygen atoms in total. The minimum Gasteiger partial charge on any atom is -0.481 e. The van der Waals surface area contributed by atoms with Crippen LogP contribution in [0.5, 0.6) is 0 Å². The average Bonchev–Trinajstić information content (AvgIpc) is 2.97. The maximum absolute atomic E-state index is 12.6. The first-order chi connectivity index (χ1) is 10.5. The molecule has 1 aromatic heterocycles. The van der Waals surface area contributed by atoms with Crippen molar-refractivity contribution in [3.05, 3.63) is 10.6 Å². The molecular formula is C14H23N3O4S. The number of hydrogen-bond acceptors (Lipinski definition) is 6. The fourth-order valence-corrected chi connectivity index (χ4v) is 2.65. The zero-order chi connectivity index (χ0) is 16.5. The van der Waals surface area contributed by atoms with Gasteiger partial charge in [-0.15, -0.1) is 5.10 Å². The van der Waals surface area contributed by atoms with Crippen molar-refractivity contribution in [3.8, 4) is 0 Å². The molecule has 1 N–H and O–H groups in total. The lowest BCUT2D eigenvalue weighted by Gasteiger charge is -2.24. The Morgan fingerprint density at radius 2 is 2.14 bits per heavy atom. The van der Waals surface area contributed by atoms with E-state index in [1.165, 1.54) is 0 Å². The Hall–Kier alpha value is -1.54. The van der Waals surface area contributed by atoms with Gasteiger partial charge < -0.3 is 14.7 Å². The minimum absolute atomic E-state index is 0.168. The quantitative estimate of drug-likeness (QED) is 0.657. The molecule has 124 valence electrons. The van der Waals surface area contributed by atoms with Crippen LogP contribution >= 0.6 is 11.5 Å². The first-order valence-corrected chi connectivity index (χ1v) is 8.19. The van der Waals surface area contributed by atoms with E-state index < -0.39 is 11.9 Å². The maximum Gasteiger partial charge on any atom is 0.308 e. The number of carboxylic acid groups (broad SMARTS) is 1. The van der Waals surface area contributed by atoms with E-state index in [1.54, 1.807) is 11.8 Å². The fraction of sp³-hybridized carbons (Fsp3) is 0.714. The molecule has 0 saturated heterocycles. The number of carbonyl (C=O) groups excluding carboxylic acids is 1. The first kappa shape index (κ1) is 18.5. The highest BCUT2D eigenvalue weighted by Crippen LogP contribution is 2.16. The zero-order valence-corrected chi connectivity index (χ0v) is 14.1. The third-order valence-electron chi connectivity index (χ3n) is 3.21. The van der Waals surface area contributed by atoms with Crippen molar-refractivity contribution in [2.45, 2.75) is 33.6 Å². The Bertz CT molecular complexity index is 492. The summed E-state index contributed by atoms with van der Waals surface area (Å²) in [5, 5.41) is 13.0. The van der Waals surface area contributed by atoms with E-state index in [0.29, 0.717) is 43.2 Å². The highest BCUT2D eigenvalue weighted by Gasteiger charge is 2.25. The molecule has 0 saturated carbocycles. The van der Waals surface area contributed by atoms with E-state index in [2.05, 4.69) is 9.59 Å². The Kier molecular flexibility index (Phi) is 7.97. The number of aromatic nitrogens is 2. The molecule has 0 aliphatic heterocycles. The molecule has 0 aliphatic carbocycles. The number of aliphatic carboxylic acids is 1. The molecule has 1 heterocycles. The van der Waals surface area contributed by atoms with Crippen LogP contribution in [-0.4, -0.2) is 57.8 Å². The van der Waals surface area contributed by atoms with Crippen molar-refractivity contribution in [2.24, 2.45) is 5.92 Å². The van der Waals surface area contributed by atoms with Gasteiger partial charge in [-0.05, 0) is 31.3 Å². The monoisotopic (exact) mass is 329 g/mol. The molecule has 0 spiro atoms. The molecule has 1 atom stereocenters. The van der Waals surface area contributed by atoms with Crippen molar-refractivity contribution in [3.63, 3.8) is 0 Å². The van der Waals surface area contributed by atoms with Crippen LogP contribution in [0.25, 0.3) is 0 Å². The second kappa shape index (κ2) is 9.47. The summed E-state index contributed by atoms with van der Waals surface area (Å²) in [6, 6.07) is 0. The van der Waals surface area contributed by atoms with Crippen molar-refractivity contribution >= 4 is 23.4 Å². The van der Waals surface area contributed by atoms with Crippen LogP contribution in [0.15, 0.2) is 0 Å². The Morgan fingerprint density at radius 1 is 1.41 bits per heavy atom. The van der Waals surface area contributed by atoms with E-state index in [9.17, 15) is 9.59 Å². The summed E-state index contributed by atoms with van der Waals surface area (Å²) in [5.74, 6) is -1.74. The molecule has 1 rings (SSSR count). The fourth-order valence-electron chi connectivity index (χ4n) is 1.93. The van der Waals surface area contributed by atoms with E-state index in [1.807, 2.05) is 13.8 Å². The van der Waals surface area contributed by atoms with Gasteiger partial charge in [0.05, 0.1) is 11.6 Å². The van der Waals surface area contributed by atoms with Gasteiger partial charge in [-0.25, -0.2) is 0 Å². The highest BCUT2D eigenvalue weighted by molar-refractivity contribution is 7.08. The second-order valence-corrected chi connectivity index (χ2v) is 5.70. The molecule has 1 unspecified atom stereocenters. The molecule has 1 amide bonds. The number of carbonyl (C=O) groups is 2. The summed E-state index contributed by atoms with van der Waals surface area (Å²) >= 11 is 1.06. The summed E-state index contributed by atoms with van der Waals surface area (Å²) < 4.78 is 9.10. The predicted octanol–water partition coefficient (Wildman–Crippen LogP) is 1.69. The number of aryl methyl sites for hydroxylation is 1. The number of ether oxygens (including phenoxy) is 1. The van der Waals surface area contributed by atoms with Gasteiger partial charge in [0, 0.05) is 26.3 Å². The molecule has 0 bridgehead atoms. The highest BCUT2D eigenvalue weighted by atomic mass is 32.1. The van der Waals surface area contributed by atoms with Crippen LogP contribution in [-0.2, 0) is 16.0 Å². The molecule has 1 aromatic rings. The van der Waals surface area contributed by atoms with E-state index in [4.69, 9.17) is 9.84 Å². The summed E-state index contributed by atoms with van der Waals surface area (Å²) in [6.45, 7) is 7.20. The van der Waals surface area contributed by atoms with Crippen molar-refractivity contribution in [1.82, 2.24) is 14.5 Å². The number of rotatable bonds is 10. The van der Waals surface area contributed by atoms with Crippen LogP contribution in [0.1, 0.15) is 42.6 Å². The van der Waals surface area contributed by atoms with Crippen LogP contribution in [0, 0.1) is 5.92 Å². The SMILES string of the molecule is CCOCCCN(CC(C)C(=O)O)C(=O)c1snnc1CC. The van der Waals surface area contributed by atoms with E-state index in [-0.39, 0.29) is 12.5 Å². The van der Waals surface area contributed by atoms with Gasteiger partial charge in [0.1, 0.15) is 4.88 Å². The van der Waals surface area contributed by atoms with Gasteiger partial charge in [-0.2, -0.15) is 0 Å². The van der Waals surface area contributed by atoms with E-state index >= 15 is 0 Å². The topological polar surface area (TPSA) is 92.6 Å². The third-order valence-corrected chi connectivity index (χ3v) is 3.96. The molecule has 0 aromatic carbocycles. The van der Waals surface area contributed by atoms with Crippen molar-refractivity contribution in [1.29, 1.82) is 0 Å². The third kappa shape index (κ3) is 5.34. The largest absolute Gasteiger partial charge is 0.481 e. The molecular weight excluding hydrogens is 306 g/mol. The summed E-state index contributed by atoms with van der Waals surface area (Å²) in [7, 11) is 0. The van der Waals surface area contributed by atoms with E-state index in [0.717, 1.165) is 11.5 Å². The second-order valence-electron chi connectivity index (χ2n) is 4.94. The number of nitrogens with zero attached hydrogens (tertiary/aromatic N) is 3. The normalized spacial score (nSPS) is 12.1. The lowest BCUT2D eigenvalue weighted by molar-refractivity contribution is -0.141. The Morgan fingerprint density at radius 3 is 2.73 bits per heavy atom. The number of amides is 1. The van der Waals surface area contributed by atoms with Crippen LogP contribution < -0.4 is 0 Å². The van der Waals surface area contributed by atoms with Gasteiger partial charge in [0.25, 0.3) is 5.91 Å². The minimum atomic E-state index is -0.916. The summed E-state index contributed by atoms with van der Waals surface area (Å²) in [6.07, 6.45) is 1.29. The lowest BCUT2D eigenvalue weighted by atomic mass is 10.1.